The predicted molar refractivity (Wildman–Crippen MR) is 64.0 cm³/mol. The van der Waals surface area contributed by atoms with Crippen molar-refractivity contribution in [3.05, 3.63) is 34.6 Å². The fourth-order valence-corrected chi connectivity index (χ4v) is 1.37. The molecule has 1 aromatic carbocycles. The highest BCUT2D eigenvalue weighted by atomic mass is 35.5. The zero-order valence-electron chi connectivity index (χ0n) is 9.56. The van der Waals surface area contributed by atoms with Gasteiger partial charge in [0, 0.05) is 25.1 Å². The van der Waals surface area contributed by atoms with Crippen LogP contribution in [-0.4, -0.2) is 18.3 Å². The van der Waals surface area contributed by atoms with Crippen molar-refractivity contribution in [3.63, 3.8) is 0 Å². The lowest BCUT2D eigenvalue weighted by atomic mass is 9.95. The van der Waals surface area contributed by atoms with Crippen LogP contribution in [0.4, 0.5) is 4.39 Å². The van der Waals surface area contributed by atoms with Gasteiger partial charge in [-0.1, -0.05) is 31.5 Å². The third-order valence-corrected chi connectivity index (χ3v) is 2.65. The number of rotatable bonds is 5. The van der Waals surface area contributed by atoms with Crippen LogP contribution in [0.25, 0.3) is 0 Å². The Hall–Kier alpha value is -0.640. The average Bonchev–Trinajstić information content (AvgIpc) is 2.23. The van der Waals surface area contributed by atoms with E-state index in [0.29, 0.717) is 13.1 Å². The van der Waals surface area contributed by atoms with Crippen molar-refractivity contribution in [1.82, 2.24) is 5.32 Å². The van der Waals surface area contributed by atoms with Crippen LogP contribution in [0.3, 0.4) is 0 Å². The number of aliphatic hydroxyl groups is 1. The Bertz CT molecular complexity index is 355. The van der Waals surface area contributed by atoms with E-state index in [1.54, 1.807) is 12.1 Å². The summed E-state index contributed by atoms with van der Waals surface area (Å²) in [6.45, 7) is 5.28. The fourth-order valence-electron chi connectivity index (χ4n) is 1.25. The number of nitrogens with one attached hydrogen (secondary N) is 1. The molecule has 0 aliphatic carbocycles. The Morgan fingerprint density at radius 3 is 2.69 bits per heavy atom. The first-order valence-corrected chi connectivity index (χ1v) is 5.58. The Kier molecular flexibility index (Phi) is 4.71. The van der Waals surface area contributed by atoms with Gasteiger partial charge in [-0.15, -0.1) is 0 Å². The first-order valence-electron chi connectivity index (χ1n) is 5.20. The second kappa shape index (κ2) is 5.62. The maximum atomic E-state index is 13.1. The predicted octanol–water partition coefficient (Wildman–Crippen LogP) is 2.59. The van der Waals surface area contributed by atoms with Gasteiger partial charge < -0.3 is 10.4 Å². The molecular weight excluding hydrogens is 229 g/mol. The van der Waals surface area contributed by atoms with Gasteiger partial charge in [0.1, 0.15) is 5.82 Å². The Morgan fingerprint density at radius 1 is 1.44 bits per heavy atom. The summed E-state index contributed by atoms with van der Waals surface area (Å²) in [4.78, 5) is 0. The number of halogens is 2. The van der Waals surface area contributed by atoms with Crippen molar-refractivity contribution in [2.45, 2.75) is 20.4 Å². The molecule has 0 fully saturated rings. The first-order chi connectivity index (χ1) is 7.44. The van der Waals surface area contributed by atoms with E-state index in [-0.39, 0.29) is 17.0 Å². The maximum absolute atomic E-state index is 13.1. The van der Waals surface area contributed by atoms with Gasteiger partial charge >= 0.3 is 0 Å². The number of aliphatic hydroxyl groups excluding tert-OH is 1. The first kappa shape index (κ1) is 13.4. The van der Waals surface area contributed by atoms with Crippen molar-refractivity contribution in [2.24, 2.45) is 5.41 Å². The number of hydrogen-bond donors (Lipinski definition) is 2. The highest BCUT2D eigenvalue weighted by Gasteiger charge is 2.15. The van der Waals surface area contributed by atoms with Gasteiger partial charge in [0.05, 0.1) is 5.02 Å². The van der Waals surface area contributed by atoms with Gasteiger partial charge in [-0.25, -0.2) is 4.39 Å². The van der Waals surface area contributed by atoms with Gasteiger partial charge in [-0.3, -0.25) is 0 Å². The van der Waals surface area contributed by atoms with Gasteiger partial charge in [0.15, 0.2) is 0 Å². The van der Waals surface area contributed by atoms with Gasteiger partial charge in [-0.2, -0.15) is 0 Å². The highest BCUT2D eigenvalue weighted by Crippen LogP contribution is 2.16. The Morgan fingerprint density at radius 2 is 2.12 bits per heavy atom. The topological polar surface area (TPSA) is 32.3 Å². The molecule has 0 aliphatic rings. The summed E-state index contributed by atoms with van der Waals surface area (Å²) in [5.74, 6) is -0.401. The maximum Gasteiger partial charge on any atom is 0.142 e. The van der Waals surface area contributed by atoms with Crippen LogP contribution in [0, 0.1) is 11.2 Å². The molecule has 0 aromatic heterocycles. The van der Waals surface area contributed by atoms with E-state index >= 15 is 0 Å². The highest BCUT2D eigenvalue weighted by molar-refractivity contribution is 6.30. The standard InChI is InChI=1S/C12H17ClFNO/c1-12(2,8-16)7-15-6-9-3-4-10(13)11(14)5-9/h3-5,15-16H,6-8H2,1-2H3. The molecule has 0 radical (unpaired) electrons. The van der Waals surface area contributed by atoms with Crippen LogP contribution in [-0.2, 0) is 6.54 Å². The Balaban J connectivity index is 2.46. The smallest absolute Gasteiger partial charge is 0.142 e. The van der Waals surface area contributed by atoms with Crippen LogP contribution in [0.2, 0.25) is 5.02 Å². The third-order valence-electron chi connectivity index (χ3n) is 2.34. The molecule has 1 rings (SSSR count). The average molecular weight is 246 g/mol. The van der Waals surface area contributed by atoms with Crippen LogP contribution in [0.5, 0.6) is 0 Å². The zero-order chi connectivity index (χ0) is 12.2. The van der Waals surface area contributed by atoms with Crippen LogP contribution in [0.15, 0.2) is 18.2 Å². The van der Waals surface area contributed by atoms with E-state index in [1.165, 1.54) is 6.07 Å². The summed E-state index contributed by atoms with van der Waals surface area (Å²) in [6, 6.07) is 4.75. The summed E-state index contributed by atoms with van der Waals surface area (Å²) in [7, 11) is 0. The molecule has 2 N–H and O–H groups in total. The molecule has 0 heterocycles. The second-order valence-corrected chi connectivity index (χ2v) is 5.08. The van der Waals surface area contributed by atoms with E-state index in [9.17, 15) is 4.39 Å². The van der Waals surface area contributed by atoms with Crippen LogP contribution in [0.1, 0.15) is 19.4 Å². The second-order valence-electron chi connectivity index (χ2n) is 4.67. The van der Waals surface area contributed by atoms with E-state index < -0.39 is 5.82 Å². The summed E-state index contributed by atoms with van der Waals surface area (Å²) >= 11 is 5.58. The minimum absolute atomic E-state index is 0.120. The van der Waals surface area contributed by atoms with Crippen molar-refractivity contribution in [2.75, 3.05) is 13.2 Å². The van der Waals surface area contributed by atoms with Crippen LogP contribution < -0.4 is 5.32 Å². The van der Waals surface area contributed by atoms with Crippen LogP contribution >= 0.6 is 11.6 Å². The van der Waals surface area contributed by atoms with E-state index in [1.807, 2.05) is 13.8 Å². The van der Waals surface area contributed by atoms with E-state index in [4.69, 9.17) is 16.7 Å². The van der Waals surface area contributed by atoms with Crippen molar-refractivity contribution >= 4 is 11.6 Å². The lowest BCUT2D eigenvalue weighted by Crippen LogP contribution is -2.31. The molecule has 2 nitrogen and oxygen atoms in total. The monoisotopic (exact) mass is 245 g/mol. The molecule has 0 atom stereocenters. The zero-order valence-corrected chi connectivity index (χ0v) is 10.3. The molecular formula is C12H17ClFNO. The molecule has 0 bridgehead atoms. The van der Waals surface area contributed by atoms with Gasteiger partial charge in [0.2, 0.25) is 0 Å². The molecule has 4 heteroatoms. The third kappa shape index (κ3) is 4.08. The molecule has 0 unspecified atom stereocenters. The van der Waals surface area contributed by atoms with Crippen molar-refractivity contribution < 1.29 is 9.50 Å². The molecule has 0 saturated heterocycles. The van der Waals surface area contributed by atoms with Crippen molar-refractivity contribution in [3.8, 4) is 0 Å². The lowest BCUT2D eigenvalue weighted by Gasteiger charge is -2.21. The number of benzene rings is 1. The van der Waals surface area contributed by atoms with Gasteiger partial charge in [0.25, 0.3) is 0 Å². The molecule has 1 aromatic rings. The number of hydrogen-bond acceptors (Lipinski definition) is 2. The summed E-state index contributed by atoms with van der Waals surface area (Å²) in [5.41, 5.74) is 0.681. The lowest BCUT2D eigenvalue weighted by molar-refractivity contribution is 0.156. The molecule has 0 spiro atoms. The normalized spacial score (nSPS) is 11.8. The summed E-state index contributed by atoms with van der Waals surface area (Å²) in [6.07, 6.45) is 0. The molecule has 0 amide bonds. The quantitative estimate of drug-likeness (QED) is 0.836. The minimum Gasteiger partial charge on any atom is -0.396 e. The molecule has 16 heavy (non-hydrogen) atoms. The molecule has 90 valence electrons. The summed E-state index contributed by atoms with van der Waals surface area (Å²) < 4.78 is 13.1. The summed E-state index contributed by atoms with van der Waals surface area (Å²) in [5, 5.41) is 12.4. The largest absolute Gasteiger partial charge is 0.396 e. The Labute approximate surface area is 100 Å². The minimum atomic E-state index is -0.401. The fraction of sp³-hybridized carbons (Fsp3) is 0.500. The van der Waals surface area contributed by atoms with E-state index in [0.717, 1.165) is 5.56 Å². The van der Waals surface area contributed by atoms with Crippen molar-refractivity contribution in [1.29, 1.82) is 0 Å². The SMILES string of the molecule is CC(C)(CO)CNCc1ccc(Cl)c(F)c1. The molecule has 0 aliphatic heterocycles. The van der Waals surface area contributed by atoms with E-state index in [2.05, 4.69) is 5.32 Å². The van der Waals surface area contributed by atoms with Gasteiger partial charge in [-0.05, 0) is 17.7 Å². The molecule has 0 saturated carbocycles.